The number of aryl methyl sites for hydroxylation is 1. The molecular formula is C21H27N3O2. The third-order valence-electron chi connectivity index (χ3n) is 4.42. The molecule has 1 amide bonds. The minimum atomic E-state index is -0.526. The van der Waals surface area contributed by atoms with Gasteiger partial charge in [-0.2, -0.15) is 0 Å². The monoisotopic (exact) mass is 353 g/mol. The van der Waals surface area contributed by atoms with E-state index in [0.29, 0.717) is 0 Å². The van der Waals surface area contributed by atoms with E-state index in [1.165, 1.54) is 0 Å². The highest BCUT2D eigenvalue weighted by Crippen LogP contribution is 2.32. The zero-order valence-corrected chi connectivity index (χ0v) is 15.9. The lowest BCUT2D eigenvalue weighted by Crippen LogP contribution is -2.41. The first-order valence-electron chi connectivity index (χ1n) is 9.06. The number of carbonyl (C=O) groups excluding carboxylic acids is 1. The first kappa shape index (κ1) is 18.2. The number of pyridine rings is 1. The number of hydrogen-bond donors (Lipinski definition) is 2. The molecule has 0 radical (unpaired) electrons. The number of nitrogens with one attached hydrogen (secondary N) is 2. The third-order valence-corrected chi connectivity index (χ3v) is 4.42. The van der Waals surface area contributed by atoms with Crippen LogP contribution >= 0.6 is 0 Å². The molecule has 0 fully saturated rings. The Kier molecular flexibility index (Phi) is 5.16. The van der Waals surface area contributed by atoms with Crippen LogP contribution in [0, 0.1) is 12.8 Å². The largest absolute Gasteiger partial charge is 0.444 e. The van der Waals surface area contributed by atoms with Gasteiger partial charge in [0, 0.05) is 18.7 Å². The smallest absolute Gasteiger partial charge is 0.408 e. The summed E-state index contributed by atoms with van der Waals surface area (Å²) >= 11 is 0. The molecule has 1 aliphatic rings. The van der Waals surface area contributed by atoms with Crippen molar-refractivity contribution in [1.29, 1.82) is 0 Å². The predicted molar refractivity (Wildman–Crippen MR) is 103 cm³/mol. The van der Waals surface area contributed by atoms with Gasteiger partial charge < -0.3 is 15.4 Å². The Morgan fingerprint density at radius 3 is 2.73 bits per heavy atom. The number of hydrogen-bond acceptors (Lipinski definition) is 4. The molecule has 2 N–H and O–H groups in total. The molecule has 2 heterocycles. The van der Waals surface area contributed by atoms with E-state index < -0.39 is 11.7 Å². The van der Waals surface area contributed by atoms with Crippen molar-refractivity contribution in [2.45, 2.75) is 45.8 Å². The van der Waals surface area contributed by atoms with Crippen molar-refractivity contribution in [3.63, 3.8) is 0 Å². The normalized spacial score (nSPS) is 17.6. The molecule has 0 saturated carbocycles. The van der Waals surface area contributed by atoms with Gasteiger partial charge in [0.1, 0.15) is 5.60 Å². The van der Waals surface area contributed by atoms with E-state index in [0.717, 1.165) is 35.5 Å². The van der Waals surface area contributed by atoms with E-state index in [4.69, 9.17) is 4.74 Å². The van der Waals surface area contributed by atoms with Crippen LogP contribution in [0.3, 0.4) is 0 Å². The van der Waals surface area contributed by atoms with E-state index >= 15 is 0 Å². The van der Waals surface area contributed by atoms with Gasteiger partial charge in [-0.05, 0) is 51.3 Å². The first-order chi connectivity index (χ1) is 12.3. The van der Waals surface area contributed by atoms with Gasteiger partial charge >= 0.3 is 6.09 Å². The lowest BCUT2D eigenvalue weighted by atomic mass is 9.86. The number of alkyl carbamates (subject to hydrolysis) is 1. The molecule has 1 aromatic heterocycles. The van der Waals surface area contributed by atoms with E-state index in [1.54, 1.807) is 0 Å². The maximum atomic E-state index is 12.4. The third kappa shape index (κ3) is 4.54. The quantitative estimate of drug-likeness (QED) is 0.866. The van der Waals surface area contributed by atoms with Crippen molar-refractivity contribution < 1.29 is 9.53 Å². The van der Waals surface area contributed by atoms with Gasteiger partial charge in [0.15, 0.2) is 0 Å². The Bertz CT molecular complexity index is 769. The highest BCUT2D eigenvalue weighted by molar-refractivity contribution is 5.68. The predicted octanol–water partition coefficient (Wildman–Crippen LogP) is 4.24. The number of aromatic nitrogens is 1. The summed E-state index contributed by atoms with van der Waals surface area (Å²) in [4.78, 5) is 17.0. The number of rotatable bonds is 3. The standard InChI is InChI=1S/C21H27N3O2/c1-14-10-17-18(22-12-14)11-16(13-23-17)19(15-8-6-5-7-9-15)24-20(25)26-21(2,3)4/h5-10,12,16,19,23H,11,13H2,1-4H3,(H,24,25)/t16-,19-/m1/s1. The van der Waals surface area contributed by atoms with Crippen LogP contribution in [0.5, 0.6) is 0 Å². The number of ether oxygens (including phenoxy) is 1. The molecule has 0 bridgehead atoms. The minimum absolute atomic E-state index is 0.144. The maximum Gasteiger partial charge on any atom is 0.408 e. The molecule has 3 rings (SSSR count). The molecule has 2 atom stereocenters. The maximum absolute atomic E-state index is 12.4. The Labute approximate surface area is 155 Å². The molecule has 5 heteroatoms. The summed E-state index contributed by atoms with van der Waals surface area (Å²) in [5.41, 5.74) is 3.81. The van der Waals surface area contributed by atoms with Crippen LogP contribution in [-0.2, 0) is 11.2 Å². The SMILES string of the molecule is Cc1cnc2c(c1)NC[C@H]([C@H](NC(=O)OC(C)(C)C)c1ccccc1)C2. The van der Waals surface area contributed by atoms with Crippen LogP contribution in [0.15, 0.2) is 42.6 Å². The molecular weight excluding hydrogens is 326 g/mol. The van der Waals surface area contributed by atoms with Gasteiger partial charge in [0.05, 0.1) is 17.4 Å². The summed E-state index contributed by atoms with van der Waals surface area (Å²) in [6.07, 6.45) is 2.30. The Balaban J connectivity index is 1.82. The molecule has 26 heavy (non-hydrogen) atoms. The number of benzene rings is 1. The summed E-state index contributed by atoms with van der Waals surface area (Å²) in [6.45, 7) is 8.42. The first-order valence-corrected chi connectivity index (χ1v) is 9.06. The Morgan fingerprint density at radius 1 is 1.31 bits per heavy atom. The molecule has 0 spiro atoms. The van der Waals surface area contributed by atoms with E-state index in [9.17, 15) is 4.79 Å². The molecule has 138 valence electrons. The van der Waals surface area contributed by atoms with Crippen LogP contribution in [-0.4, -0.2) is 23.2 Å². The van der Waals surface area contributed by atoms with Crippen LogP contribution < -0.4 is 10.6 Å². The molecule has 5 nitrogen and oxygen atoms in total. The van der Waals surface area contributed by atoms with Crippen LogP contribution in [0.4, 0.5) is 10.5 Å². The Morgan fingerprint density at radius 2 is 2.04 bits per heavy atom. The zero-order chi connectivity index (χ0) is 18.7. The molecule has 2 aromatic rings. The molecule has 1 aliphatic heterocycles. The van der Waals surface area contributed by atoms with Crippen LogP contribution in [0.25, 0.3) is 0 Å². The van der Waals surface area contributed by atoms with E-state index in [-0.39, 0.29) is 12.0 Å². The van der Waals surface area contributed by atoms with Crippen LogP contribution in [0.1, 0.15) is 43.6 Å². The summed E-state index contributed by atoms with van der Waals surface area (Å²) in [5, 5.41) is 6.54. The second-order valence-electron chi connectivity index (χ2n) is 7.89. The lowest BCUT2D eigenvalue weighted by molar-refractivity contribution is 0.0485. The summed E-state index contributed by atoms with van der Waals surface area (Å²) in [5.74, 6) is 0.188. The second-order valence-corrected chi connectivity index (χ2v) is 7.89. The lowest BCUT2D eigenvalue weighted by Gasteiger charge is -2.33. The number of nitrogens with zero attached hydrogens (tertiary/aromatic N) is 1. The van der Waals surface area contributed by atoms with Crippen molar-refractivity contribution in [2.24, 2.45) is 5.92 Å². The number of carbonyl (C=O) groups is 1. The second kappa shape index (κ2) is 7.36. The van der Waals surface area contributed by atoms with Crippen LogP contribution in [0.2, 0.25) is 0 Å². The summed E-state index contributed by atoms with van der Waals surface area (Å²) in [7, 11) is 0. The topological polar surface area (TPSA) is 63.2 Å². The summed E-state index contributed by atoms with van der Waals surface area (Å²) in [6, 6.07) is 12.0. The average molecular weight is 353 g/mol. The number of fused-ring (bicyclic) bond motifs is 1. The van der Waals surface area contributed by atoms with Crippen molar-refractivity contribution in [2.75, 3.05) is 11.9 Å². The minimum Gasteiger partial charge on any atom is -0.444 e. The van der Waals surface area contributed by atoms with Gasteiger partial charge in [-0.15, -0.1) is 0 Å². The van der Waals surface area contributed by atoms with Crippen molar-refractivity contribution in [3.05, 3.63) is 59.4 Å². The van der Waals surface area contributed by atoms with Crippen molar-refractivity contribution in [3.8, 4) is 0 Å². The highest BCUT2D eigenvalue weighted by Gasteiger charge is 2.30. The van der Waals surface area contributed by atoms with Crippen molar-refractivity contribution in [1.82, 2.24) is 10.3 Å². The van der Waals surface area contributed by atoms with Gasteiger partial charge in [-0.3, -0.25) is 4.98 Å². The van der Waals surface area contributed by atoms with E-state index in [1.807, 2.05) is 64.2 Å². The fourth-order valence-electron chi connectivity index (χ4n) is 3.28. The number of amides is 1. The molecule has 1 aromatic carbocycles. The molecule has 0 aliphatic carbocycles. The fraction of sp³-hybridized carbons (Fsp3) is 0.429. The number of anilines is 1. The van der Waals surface area contributed by atoms with Gasteiger partial charge in [-0.25, -0.2) is 4.79 Å². The average Bonchev–Trinajstić information content (AvgIpc) is 2.58. The highest BCUT2D eigenvalue weighted by atomic mass is 16.6. The van der Waals surface area contributed by atoms with E-state index in [2.05, 4.69) is 21.7 Å². The van der Waals surface area contributed by atoms with Gasteiger partial charge in [0.25, 0.3) is 0 Å². The molecule has 0 unspecified atom stereocenters. The van der Waals surface area contributed by atoms with Gasteiger partial charge in [-0.1, -0.05) is 30.3 Å². The summed E-state index contributed by atoms with van der Waals surface area (Å²) < 4.78 is 5.48. The Hall–Kier alpha value is -2.56. The molecule has 0 saturated heterocycles. The van der Waals surface area contributed by atoms with Crippen molar-refractivity contribution >= 4 is 11.8 Å². The fourth-order valence-corrected chi connectivity index (χ4v) is 3.28. The zero-order valence-electron chi connectivity index (χ0n) is 15.9. The van der Waals surface area contributed by atoms with Gasteiger partial charge in [0.2, 0.25) is 0 Å².